The molecular formula is C36H56O16S2. The Hall–Kier alpha value is -1.74. The number of carbonyl (C=O) groups excluding carboxylic acids is 1. The SMILES string of the molecule is CC1(C)CC[C@]2(C(=O)O)CC[C@]3(C)C(=CC[C@@H]4[C@@]5(C)CC[C@H](OS(=O)(=O)O)[C@@](C)(C(=O)O[C@@H]6O[C@H](CO)[C@@H](OS(=O)(=O)O)[C@H](O)[C@H]6O)[C@@H]5CC[C@]43C)[C@@H]2C1. The number of rotatable bonds is 8. The fourth-order valence-electron chi connectivity index (χ4n) is 12.5. The lowest BCUT2D eigenvalue weighted by atomic mass is 9.33. The molecule has 0 spiro atoms. The Morgan fingerprint density at radius 1 is 0.852 bits per heavy atom. The summed E-state index contributed by atoms with van der Waals surface area (Å²) < 4.78 is 87.0. The van der Waals surface area contributed by atoms with Crippen LogP contribution in [0, 0.1) is 50.2 Å². The molecule has 6 N–H and O–H groups in total. The molecule has 0 aromatic carbocycles. The summed E-state index contributed by atoms with van der Waals surface area (Å²) in [6, 6.07) is 0. The molecule has 54 heavy (non-hydrogen) atoms. The summed E-state index contributed by atoms with van der Waals surface area (Å²) in [7, 11) is -10.3. The van der Waals surface area contributed by atoms with Crippen molar-refractivity contribution in [1.29, 1.82) is 0 Å². The van der Waals surface area contributed by atoms with Crippen LogP contribution in [-0.4, -0.2) is 102 Å². The fraction of sp³-hybridized carbons (Fsp3) is 0.889. The first-order chi connectivity index (χ1) is 24.7. The van der Waals surface area contributed by atoms with Crippen LogP contribution in [0.3, 0.4) is 0 Å². The predicted octanol–water partition coefficient (Wildman–Crippen LogP) is 3.21. The molecule has 6 rings (SSSR count). The highest BCUT2D eigenvalue weighted by Gasteiger charge is 2.71. The molecule has 0 unspecified atom stereocenters. The van der Waals surface area contributed by atoms with E-state index in [4.69, 9.17) is 18.2 Å². The van der Waals surface area contributed by atoms with Crippen LogP contribution in [0.25, 0.3) is 0 Å². The molecule has 0 bridgehead atoms. The molecular weight excluding hydrogens is 753 g/mol. The maximum atomic E-state index is 14.5. The van der Waals surface area contributed by atoms with Gasteiger partial charge < -0.3 is 29.9 Å². The molecule has 1 saturated heterocycles. The van der Waals surface area contributed by atoms with Crippen LogP contribution in [-0.2, 0) is 48.2 Å². The molecule has 5 aliphatic carbocycles. The highest BCUT2D eigenvalue weighted by Crippen LogP contribution is 2.76. The summed E-state index contributed by atoms with van der Waals surface area (Å²) >= 11 is 0. The first-order valence-electron chi connectivity index (χ1n) is 18.8. The summed E-state index contributed by atoms with van der Waals surface area (Å²) in [5.41, 5.74) is -2.80. The van der Waals surface area contributed by atoms with Crippen molar-refractivity contribution in [3.05, 3.63) is 11.6 Å². The number of allylic oxidation sites excluding steroid dienone is 2. The minimum absolute atomic E-state index is 0.0113. The van der Waals surface area contributed by atoms with Gasteiger partial charge in [0.15, 0.2) is 0 Å². The number of hydrogen-bond donors (Lipinski definition) is 6. The average Bonchev–Trinajstić information content (AvgIpc) is 3.04. The Kier molecular flexibility index (Phi) is 10.4. The van der Waals surface area contributed by atoms with E-state index in [2.05, 4.69) is 44.9 Å². The number of aliphatic carboxylic acids is 1. The molecule has 1 aliphatic heterocycles. The van der Waals surface area contributed by atoms with Gasteiger partial charge in [0.25, 0.3) is 0 Å². The lowest BCUT2D eigenvalue weighted by Gasteiger charge is -2.71. The van der Waals surface area contributed by atoms with E-state index in [1.165, 1.54) is 12.5 Å². The number of esters is 1. The van der Waals surface area contributed by atoms with Gasteiger partial charge in [-0.3, -0.25) is 18.7 Å². The van der Waals surface area contributed by atoms with Crippen LogP contribution in [0.4, 0.5) is 0 Å². The third kappa shape index (κ3) is 6.47. The van der Waals surface area contributed by atoms with Gasteiger partial charge >= 0.3 is 32.7 Å². The standard InChI is InChI=1S/C36H56O16S2/c1-31(2)13-15-36(29(40)41)16-14-33(4)19(20(36)17-31)7-8-22-32(3)11-10-24(51-53(43,44)45)35(6,23(32)9-12-34(22,33)5)30(42)50-28-26(39)25(38)27(21(18-37)49-28)52-54(46,47)48/h7,20-28,37-39H,8-18H2,1-6H3,(H,40,41)(H,43,44,45)(H,46,47,48)/t20-,21+,22+,23+,24-,25+,26+,27+,28-,32+,33+,34+,35-,36-/m0/s1. The average molecular weight is 809 g/mol. The maximum Gasteiger partial charge on any atom is 0.397 e. The lowest BCUT2D eigenvalue weighted by molar-refractivity contribution is -0.297. The van der Waals surface area contributed by atoms with Gasteiger partial charge in [0.05, 0.1) is 23.5 Å². The topological polar surface area (TPSA) is 261 Å². The van der Waals surface area contributed by atoms with Gasteiger partial charge in [0.2, 0.25) is 6.29 Å². The molecule has 308 valence electrons. The molecule has 14 atom stereocenters. The predicted molar refractivity (Wildman–Crippen MR) is 188 cm³/mol. The van der Waals surface area contributed by atoms with Crippen molar-refractivity contribution in [3.63, 3.8) is 0 Å². The summed E-state index contributed by atoms with van der Waals surface area (Å²) in [6.07, 6.45) is -3.64. The second-order valence-corrected chi connectivity index (χ2v) is 20.7. The van der Waals surface area contributed by atoms with Gasteiger partial charge in [-0.15, -0.1) is 0 Å². The number of carbonyl (C=O) groups is 2. The van der Waals surface area contributed by atoms with E-state index in [-0.39, 0.29) is 34.5 Å². The number of ether oxygens (including phenoxy) is 2. The van der Waals surface area contributed by atoms with Crippen molar-refractivity contribution in [2.45, 2.75) is 143 Å². The first kappa shape index (κ1) is 41.9. The van der Waals surface area contributed by atoms with Crippen LogP contribution in [0.15, 0.2) is 11.6 Å². The Morgan fingerprint density at radius 3 is 2.07 bits per heavy atom. The lowest BCUT2D eigenvalue weighted by Crippen LogP contribution is -2.67. The Morgan fingerprint density at radius 2 is 1.48 bits per heavy atom. The van der Waals surface area contributed by atoms with E-state index in [0.29, 0.717) is 44.9 Å². The summed E-state index contributed by atoms with van der Waals surface area (Å²) in [5, 5.41) is 42.1. The van der Waals surface area contributed by atoms with E-state index in [0.717, 1.165) is 12.8 Å². The van der Waals surface area contributed by atoms with Gasteiger partial charge in [-0.25, -0.2) is 8.37 Å². The Bertz CT molecular complexity index is 1780. The van der Waals surface area contributed by atoms with Crippen molar-refractivity contribution in [2.75, 3.05) is 6.61 Å². The monoisotopic (exact) mass is 808 g/mol. The zero-order chi connectivity index (χ0) is 40.2. The van der Waals surface area contributed by atoms with Crippen LogP contribution in [0.1, 0.15) is 106 Å². The van der Waals surface area contributed by atoms with Gasteiger partial charge in [-0.2, -0.15) is 16.8 Å². The number of hydrogen-bond acceptors (Lipinski definition) is 13. The van der Waals surface area contributed by atoms with Gasteiger partial charge in [0.1, 0.15) is 24.4 Å². The molecule has 4 saturated carbocycles. The third-order valence-corrected chi connectivity index (χ3v) is 16.6. The van der Waals surface area contributed by atoms with E-state index >= 15 is 0 Å². The van der Waals surface area contributed by atoms with E-state index in [1.54, 1.807) is 0 Å². The molecule has 0 radical (unpaired) electrons. The normalized spacial score (nSPS) is 47.5. The number of carboxylic acids is 1. The minimum atomic E-state index is -5.18. The highest BCUT2D eigenvalue weighted by molar-refractivity contribution is 7.81. The van der Waals surface area contributed by atoms with Crippen molar-refractivity contribution in [1.82, 2.24) is 0 Å². The van der Waals surface area contributed by atoms with Crippen molar-refractivity contribution in [3.8, 4) is 0 Å². The van der Waals surface area contributed by atoms with Crippen LogP contribution in [0.5, 0.6) is 0 Å². The molecule has 1 heterocycles. The van der Waals surface area contributed by atoms with Crippen molar-refractivity contribution < 1.29 is 73.8 Å². The molecule has 0 aromatic heterocycles. The zero-order valence-corrected chi connectivity index (χ0v) is 33.3. The van der Waals surface area contributed by atoms with Crippen LogP contribution < -0.4 is 0 Å². The van der Waals surface area contributed by atoms with Crippen LogP contribution in [0.2, 0.25) is 0 Å². The van der Waals surface area contributed by atoms with E-state index < -0.39 is 98.3 Å². The Balaban J connectivity index is 1.36. The second-order valence-electron chi connectivity index (χ2n) is 18.6. The number of fused-ring (bicyclic) bond motifs is 7. The van der Waals surface area contributed by atoms with Gasteiger partial charge in [-0.05, 0) is 111 Å². The summed E-state index contributed by atoms with van der Waals surface area (Å²) in [5.74, 6) is -2.61. The molecule has 5 fully saturated rings. The third-order valence-electron chi connectivity index (χ3n) is 15.6. The highest BCUT2D eigenvalue weighted by atomic mass is 32.3. The minimum Gasteiger partial charge on any atom is -0.481 e. The molecule has 0 aromatic rings. The number of aliphatic hydroxyl groups excluding tert-OH is 3. The van der Waals surface area contributed by atoms with Crippen molar-refractivity contribution >= 4 is 32.7 Å². The molecule has 0 amide bonds. The maximum absolute atomic E-state index is 14.5. The van der Waals surface area contributed by atoms with E-state index in [1.807, 2.05) is 0 Å². The van der Waals surface area contributed by atoms with Gasteiger partial charge in [-0.1, -0.05) is 46.3 Å². The molecule has 18 heteroatoms. The smallest absolute Gasteiger partial charge is 0.397 e. The zero-order valence-electron chi connectivity index (χ0n) is 31.6. The second kappa shape index (κ2) is 13.4. The fourth-order valence-corrected chi connectivity index (χ4v) is 13.6. The van der Waals surface area contributed by atoms with Gasteiger partial charge in [0, 0.05) is 0 Å². The number of carboxylic acid groups (broad SMARTS) is 1. The Labute approximate surface area is 316 Å². The molecule has 16 nitrogen and oxygen atoms in total. The largest absolute Gasteiger partial charge is 0.481 e. The summed E-state index contributed by atoms with van der Waals surface area (Å²) in [4.78, 5) is 27.6. The van der Waals surface area contributed by atoms with E-state index in [9.17, 15) is 51.4 Å². The summed E-state index contributed by atoms with van der Waals surface area (Å²) in [6.45, 7) is 11.5. The molecule has 6 aliphatic rings. The quantitative estimate of drug-likeness (QED) is 0.117. The van der Waals surface area contributed by atoms with Crippen LogP contribution >= 0.6 is 0 Å². The number of aliphatic hydroxyl groups is 3. The first-order valence-corrected chi connectivity index (χ1v) is 21.5. The van der Waals surface area contributed by atoms with Crippen molar-refractivity contribution in [2.24, 2.45) is 50.2 Å².